The Morgan fingerprint density at radius 3 is 1.76 bits per heavy atom. The molecule has 46 heavy (non-hydrogen) atoms. The number of thioether (sulfide) groups is 2. The maximum atomic E-state index is 14.8. The van der Waals surface area contributed by atoms with Gasteiger partial charge >= 0.3 is 13.7 Å². The SMILES string of the molecule is CSc1ccc(OP(=O)(Oc2ccc(SC)cc2)[C@H](NC(=O)[C@@H]2CCCN2C(=O)[C@@H](NC(=O)OC(C)(C)C)C(C)C)C(C)C)cc1. The molecule has 13 heteroatoms. The zero-order valence-electron chi connectivity index (χ0n) is 28.2. The second kappa shape index (κ2) is 16.3. The van der Waals surface area contributed by atoms with Gasteiger partial charge in [0.05, 0.1) is 0 Å². The number of amides is 3. The molecule has 1 saturated heterocycles. The Labute approximate surface area is 282 Å². The number of nitrogens with zero attached hydrogens (tertiary/aromatic N) is 1. The Hall–Kier alpha value is -2.82. The first kappa shape index (κ1) is 37.6. The Bertz CT molecular complexity index is 1330. The summed E-state index contributed by atoms with van der Waals surface area (Å²) in [6.07, 6.45) is 4.23. The van der Waals surface area contributed by atoms with E-state index in [0.29, 0.717) is 30.9 Å². The summed E-state index contributed by atoms with van der Waals surface area (Å²) in [7, 11) is -4.11. The summed E-state index contributed by atoms with van der Waals surface area (Å²) < 4.78 is 32.5. The number of benzene rings is 2. The van der Waals surface area contributed by atoms with Gasteiger partial charge in [-0.3, -0.25) is 9.59 Å². The van der Waals surface area contributed by atoms with Crippen molar-refractivity contribution in [2.45, 2.75) is 94.6 Å². The molecule has 254 valence electrons. The second-order valence-corrected chi connectivity index (χ2v) is 16.6. The van der Waals surface area contributed by atoms with E-state index >= 15 is 0 Å². The number of alkyl carbamates (subject to hydrolysis) is 1. The van der Waals surface area contributed by atoms with E-state index in [9.17, 15) is 18.9 Å². The molecular formula is C33H48N3O7PS2. The van der Waals surface area contributed by atoms with Gasteiger partial charge in [-0.1, -0.05) is 27.7 Å². The fourth-order valence-electron chi connectivity index (χ4n) is 4.98. The highest BCUT2D eigenvalue weighted by molar-refractivity contribution is 7.98. The molecule has 1 aliphatic heterocycles. The Morgan fingerprint density at radius 2 is 1.35 bits per heavy atom. The minimum atomic E-state index is -4.11. The normalized spacial score (nSPS) is 16.6. The van der Waals surface area contributed by atoms with Crippen molar-refractivity contribution in [3.63, 3.8) is 0 Å². The average Bonchev–Trinajstić information content (AvgIpc) is 3.48. The number of hydrogen-bond donors (Lipinski definition) is 2. The fraction of sp³-hybridized carbons (Fsp3) is 0.545. The highest BCUT2D eigenvalue weighted by Gasteiger charge is 2.46. The largest absolute Gasteiger partial charge is 0.453 e. The second-order valence-electron chi connectivity index (χ2n) is 12.8. The van der Waals surface area contributed by atoms with Crippen molar-refractivity contribution in [2.24, 2.45) is 11.8 Å². The maximum Gasteiger partial charge on any atom is 0.453 e. The molecule has 1 heterocycles. The minimum Gasteiger partial charge on any atom is -0.444 e. The third-order valence-corrected chi connectivity index (χ3v) is 11.1. The number of likely N-dealkylation sites (tertiary alicyclic amines) is 1. The van der Waals surface area contributed by atoms with Gasteiger partial charge in [0.15, 0.2) is 5.78 Å². The number of carbonyl (C=O) groups is 3. The van der Waals surface area contributed by atoms with Crippen LogP contribution in [0.15, 0.2) is 58.3 Å². The highest BCUT2D eigenvalue weighted by atomic mass is 32.2. The number of ether oxygens (including phenoxy) is 1. The van der Waals surface area contributed by atoms with Crippen LogP contribution >= 0.6 is 31.1 Å². The minimum absolute atomic E-state index is 0.259. The lowest BCUT2D eigenvalue weighted by molar-refractivity contribution is -0.141. The van der Waals surface area contributed by atoms with Crippen molar-refractivity contribution in [3.8, 4) is 11.5 Å². The molecule has 0 bridgehead atoms. The first-order chi connectivity index (χ1) is 21.6. The summed E-state index contributed by atoms with van der Waals surface area (Å²) >= 11 is 3.14. The topological polar surface area (TPSA) is 123 Å². The van der Waals surface area contributed by atoms with E-state index in [1.807, 2.05) is 64.5 Å². The van der Waals surface area contributed by atoms with Crippen LogP contribution in [0.25, 0.3) is 0 Å². The molecule has 2 aromatic carbocycles. The maximum absolute atomic E-state index is 14.8. The zero-order chi connectivity index (χ0) is 34.2. The number of carbonyl (C=O) groups excluding carboxylic acids is 3. The summed E-state index contributed by atoms with van der Waals surface area (Å²) in [5, 5.41) is 5.63. The zero-order valence-corrected chi connectivity index (χ0v) is 30.7. The summed E-state index contributed by atoms with van der Waals surface area (Å²) in [4.78, 5) is 43.8. The summed E-state index contributed by atoms with van der Waals surface area (Å²) in [6, 6.07) is 12.6. The van der Waals surface area contributed by atoms with E-state index in [1.54, 1.807) is 68.6 Å². The molecule has 10 nitrogen and oxygen atoms in total. The van der Waals surface area contributed by atoms with E-state index in [1.165, 1.54) is 4.90 Å². The van der Waals surface area contributed by atoms with Gasteiger partial charge in [0, 0.05) is 16.3 Å². The molecule has 3 rings (SSSR count). The van der Waals surface area contributed by atoms with Crippen molar-refractivity contribution < 1.29 is 32.7 Å². The van der Waals surface area contributed by atoms with Crippen LogP contribution in [0.2, 0.25) is 0 Å². The van der Waals surface area contributed by atoms with E-state index in [4.69, 9.17) is 13.8 Å². The first-order valence-electron chi connectivity index (χ1n) is 15.4. The lowest BCUT2D eigenvalue weighted by Crippen LogP contribution is -2.56. The van der Waals surface area contributed by atoms with Crippen LogP contribution in [0, 0.1) is 11.8 Å². The quantitative estimate of drug-likeness (QED) is 0.163. The molecule has 2 N–H and O–H groups in total. The van der Waals surface area contributed by atoms with Gasteiger partial charge < -0.3 is 29.3 Å². The molecule has 1 fully saturated rings. The van der Waals surface area contributed by atoms with Gasteiger partial charge in [-0.05, 0) is 106 Å². The molecule has 1 aliphatic rings. The van der Waals surface area contributed by atoms with Crippen LogP contribution in [0.3, 0.4) is 0 Å². The first-order valence-corrected chi connectivity index (χ1v) is 19.5. The molecule has 0 aliphatic carbocycles. The molecule has 0 radical (unpaired) electrons. The smallest absolute Gasteiger partial charge is 0.444 e. The van der Waals surface area contributed by atoms with Gasteiger partial charge in [0.2, 0.25) is 11.8 Å². The third-order valence-electron chi connectivity index (χ3n) is 7.29. The van der Waals surface area contributed by atoms with Crippen molar-refractivity contribution in [1.29, 1.82) is 0 Å². The standard InChI is InChI=1S/C33H48N3O7PS2/c1-21(2)28(34-32(39)41-33(5,6)7)31(38)36-20-10-11-27(36)29(37)35-30(22(3)4)44(40,42-23-12-16-25(45-8)17-13-23)43-24-14-18-26(46-9)19-15-24/h12-19,21-22,27-28,30H,10-11,20H2,1-9H3,(H,34,39)(H,35,37)/t27-,28-,30-/m0/s1. The van der Waals surface area contributed by atoms with Crippen LogP contribution in [-0.4, -0.2) is 65.3 Å². The van der Waals surface area contributed by atoms with Crippen molar-refractivity contribution >= 4 is 49.0 Å². The molecule has 3 atom stereocenters. The van der Waals surface area contributed by atoms with Crippen LogP contribution in [0.1, 0.15) is 61.3 Å². The summed E-state index contributed by atoms with van der Waals surface area (Å²) in [5.74, 6) is -1.83. The van der Waals surface area contributed by atoms with Crippen LogP contribution in [0.4, 0.5) is 4.79 Å². The van der Waals surface area contributed by atoms with Gasteiger partial charge in [0.25, 0.3) is 0 Å². The van der Waals surface area contributed by atoms with E-state index < -0.39 is 43.1 Å². The lowest BCUT2D eigenvalue weighted by Gasteiger charge is -2.34. The van der Waals surface area contributed by atoms with Crippen molar-refractivity contribution in [1.82, 2.24) is 15.5 Å². The van der Waals surface area contributed by atoms with Gasteiger partial charge in [0.1, 0.15) is 29.2 Å². The molecule has 0 aromatic heterocycles. The predicted octanol–water partition coefficient (Wildman–Crippen LogP) is 7.42. The van der Waals surface area contributed by atoms with Gasteiger partial charge in [-0.2, -0.15) is 0 Å². The number of hydrogen-bond acceptors (Lipinski definition) is 9. The highest BCUT2D eigenvalue weighted by Crippen LogP contribution is 2.54. The summed E-state index contributed by atoms with van der Waals surface area (Å²) in [5.41, 5.74) is -0.733. The molecule has 0 saturated carbocycles. The lowest BCUT2D eigenvalue weighted by atomic mass is 10.0. The predicted molar refractivity (Wildman–Crippen MR) is 185 cm³/mol. The van der Waals surface area contributed by atoms with E-state index in [0.717, 1.165) is 9.79 Å². The Morgan fingerprint density at radius 1 is 0.848 bits per heavy atom. The summed E-state index contributed by atoms with van der Waals surface area (Å²) in [6.45, 7) is 12.9. The molecular weight excluding hydrogens is 645 g/mol. The van der Waals surface area contributed by atoms with Crippen LogP contribution in [0.5, 0.6) is 11.5 Å². The monoisotopic (exact) mass is 693 g/mol. The molecule has 2 aromatic rings. The number of nitrogens with one attached hydrogen (secondary N) is 2. The van der Waals surface area contributed by atoms with E-state index in [-0.39, 0.29) is 17.7 Å². The van der Waals surface area contributed by atoms with Gasteiger partial charge in [-0.15, -0.1) is 23.5 Å². The van der Waals surface area contributed by atoms with Crippen molar-refractivity contribution in [2.75, 3.05) is 19.1 Å². The van der Waals surface area contributed by atoms with Crippen LogP contribution < -0.4 is 19.7 Å². The molecule has 0 unspecified atom stereocenters. The van der Waals surface area contributed by atoms with Crippen LogP contribution in [-0.2, 0) is 18.9 Å². The Kier molecular flexibility index (Phi) is 13.4. The Balaban J connectivity index is 1.89. The fourth-order valence-corrected chi connectivity index (χ4v) is 7.91. The van der Waals surface area contributed by atoms with Crippen molar-refractivity contribution in [3.05, 3.63) is 48.5 Å². The molecule has 3 amide bonds. The third kappa shape index (κ3) is 10.3. The van der Waals surface area contributed by atoms with Gasteiger partial charge in [-0.25, -0.2) is 9.36 Å². The number of rotatable bonds is 13. The molecule has 0 spiro atoms. The average molecular weight is 694 g/mol. The van der Waals surface area contributed by atoms with E-state index in [2.05, 4.69) is 10.6 Å².